The first kappa shape index (κ1) is 14.9. The highest BCUT2D eigenvalue weighted by atomic mass is 16.5. The molecule has 0 spiro atoms. The van der Waals surface area contributed by atoms with E-state index in [-0.39, 0.29) is 5.54 Å². The molecule has 0 aromatic carbocycles. The predicted octanol–water partition coefficient (Wildman–Crippen LogP) is 3.77. The smallest absolute Gasteiger partial charge is 0.127 e. The molecule has 1 aliphatic carbocycles. The van der Waals surface area contributed by atoms with Crippen molar-refractivity contribution in [1.29, 1.82) is 0 Å². The number of hydrogen-bond acceptors (Lipinski definition) is 3. The Bertz CT molecular complexity index is 489. The molecule has 2 aliphatic rings. The second-order valence-electron chi connectivity index (χ2n) is 7.64. The second kappa shape index (κ2) is 5.64. The number of anilines is 1. The van der Waals surface area contributed by atoms with Crippen LogP contribution in [0.2, 0.25) is 0 Å². The Labute approximate surface area is 128 Å². The highest BCUT2D eigenvalue weighted by Crippen LogP contribution is 2.40. The lowest BCUT2D eigenvalue weighted by atomic mass is 9.98. The van der Waals surface area contributed by atoms with Crippen LogP contribution in [0.15, 0.2) is 0 Å². The molecule has 4 nitrogen and oxygen atoms in total. The van der Waals surface area contributed by atoms with Crippen LogP contribution in [0.1, 0.15) is 82.7 Å². The summed E-state index contributed by atoms with van der Waals surface area (Å²) in [5.74, 6) is 3.06. The zero-order chi connectivity index (χ0) is 15.0. The second-order valence-corrected chi connectivity index (χ2v) is 7.64. The van der Waals surface area contributed by atoms with Gasteiger partial charge in [-0.25, -0.2) is 4.98 Å². The van der Waals surface area contributed by atoms with Gasteiger partial charge in [0.25, 0.3) is 0 Å². The molecule has 4 heteroatoms. The summed E-state index contributed by atoms with van der Waals surface area (Å²) in [6.45, 7) is 8.33. The topological polar surface area (TPSA) is 53.1 Å². The molecule has 1 aromatic heterocycles. The summed E-state index contributed by atoms with van der Waals surface area (Å²) < 4.78 is 7.95. The van der Waals surface area contributed by atoms with Crippen molar-refractivity contribution in [2.24, 2.45) is 0 Å². The van der Waals surface area contributed by atoms with Gasteiger partial charge in [0.05, 0.1) is 12.3 Å². The van der Waals surface area contributed by atoms with Gasteiger partial charge in [-0.2, -0.15) is 0 Å². The fourth-order valence-corrected chi connectivity index (χ4v) is 3.89. The molecule has 2 N–H and O–H groups in total. The number of nitrogen functional groups attached to an aromatic ring is 1. The van der Waals surface area contributed by atoms with Crippen LogP contribution in [-0.2, 0) is 10.3 Å². The van der Waals surface area contributed by atoms with E-state index in [1.165, 1.54) is 31.5 Å². The number of ether oxygens (including phenoxy) is 1. The van der Waals surface area contributed by atoms with Crippen molar-refractivity contribution in [3.8, 4) is 0 Å². The summed E-state index contributed by atoms with van der Waals surface area (Å²) in [4.78, 5) is 5.04. The molecule has 1 unspecified atom stereocenters. The molecule has 0 bridgehead atoms. The van der Waals surface area contributed by atoms with E-state index in [2.05, 4.69) is 25.3 Å². The van der Waals surface area contributed by atoms with Gasteiger partial charge in [-0.3, -0.25) is 0 Å². The van der Waals surface area contributed by atoms with E-state index >= 15 is 0 Å². The molecule has 1 atom stereocenters. The SMILES string of the molecule is CC(C)(C)n1c(C2CCCC2)nc(C2CCCOC2)c1N. The van der Waals surface area contributed by atoms with Crippen LogP contribution in [0, 0.1) is 0 Å². The molecule has 1 saturated heterocycles. The monoisotopic (exact) mass is 291 g/mol. The van der Waals surface area contributed by atoms with Crippen LogP contribution in [0.5, 0.6) is 0 Å². The molecule has 21 heavy (non-hydrogen) atoms. The van der Waals surface area contributed by atoms with Gasteiger partial charge in [0.2, 0.25) is 0 Å². The molecule has 0 radical (unpaired) electrons. The molecule has 2 fully saturated rings. The largest absolute Gasteiger partial charge is 0.384 e. The van der Waals surface area contributed by atoms with Gasteiger partial charge >= 0.3 is 0 Å². The zero-order valence-corrected chi connectivity index (χ0v) is 13.7. The molecule has 1 aromatic rings. The van der Waals surface area contributed by atoms with Crippen molar-refractivity contribution in [2.75, 3.05) is 18.9 Å². The molecule has 1 saturated carbocycles. The quantitative estimate of drug-likeness (QED) is 0.902. The summed E-state index contributed by atoms with van der Waals surface area (Å²) in [6, 6.07) is 0. The predicted molar refractivity (Wildman–Crippen MR) is 85.6 cm³/mol. The number of nitrogens with two attached hydrogens (primary N) is 1. The fraction of sp³-hybridized carbons (Fsp3) is 0.824. The van der Waals surface area contributed by atoms with Crippen LogP contribution < -0.4 is 5.73 Å². The van der Waals surface area contributed by atoms with E-state index in [0.717, 1.165) is 37.6 Å². The van der Waals surface area contributed by atoms with Crippen molar-refractivity contribution >= 4 is 5.82 Å². The number of hydrogen-bond donors (Lipinski definition) is 1. The Hall–Kier alpha value is -1.03. The Morgan fingerprint density at radius 3 is 2.33 bits per heavy atom. The van der Waals surface area contributed by atoms with E-state index in [1.54, 1.807) is 0 Å². The minimum Gasteiger partial charge on any atom is -0.384 e. The van der Waals surface area contributed by atoms with E-state index in [4.69, 9.17) is 15.5 Å². The zero-order valence-electron chi connectivity index (χ0n) is 13.7. The van der Waals surface area contributed by atoms with Gasteiger partial charge in [-0.05, 0) is 46.5 Å². The molecule has 2 heterocycles. The summed E-state index contributed by atoms with van der Waals surface area (Å²) in [7, 11) is 0. The van der Waals surface area contributed by atoms with Crippen molar-refractivity contribution in [3.63, 3.8) is 0 Å². The number of aromatic nitrogens is 2. The minimum absolute atomic E-state index is 0.0111. The van der Waals surface area contributed by atoms with Crippen LogP contribution in [0.25, 0.3) is 0 Å². The van der Waals surface area contributed by atoms with Crippen LogP contribution >= 0.6 is 0 Å². The van der Waals surface area contributed by atoms with Crippen molar-refractivity contribution in [2.45, 2.75) is 76.7 Å². The third kappa shape index (κ3) is 2.83. The average molecular weight is 291 g/mol. The Morgan fingerprint density at radius 1 is 1.10 bits per heavy atom. The third-order valence-corrected chi connectivity index (χ3v) is 4.91. The normalized spacial score (nSPS) is 24.6. The lowest BCUT2D eigenvalue weighted by molar-refractivity contribution is 0.0795. The van der Waals surface area contributed by atoms with Gasteiger partial charge in [-0.1, -0.05) is 12.8 Å². The van der Waals surface area contributed by atoms with Crippen LogP contribution in [0.3, 0.4) is 0 Å². The molecule has 0 amide bonds. The van der Waals surface area contributed by atoms with E-state index in [9.17, 15) is 0 Å². The Kier molecular flexibility index (Phi) is 4.00. The van der Waals surface area contributed by atoms with Gasteiger partial charge in [0.1, 0.15) is 11.6 Å². The maximum Gasteiger partial charge on any atom is 0.127 e. The maximum atomic E-state index is 6.53. The van der Waals surface area contributed by atoms with Crippen LogP contribution in [0.4, 0.5) is 5.82 Å². The van der Waals surface area contributed by atoms with Crippen LogP contribution in [-0.4, -0.2) is 22.8 Å². The fourth-order valence-electron chi connectivity index (χ4n) is 3.89. The van der Waals surface area contributed by atoms with Gasteiger partial charge < -0.3 is 15.0 Å². The van der Waals surface area contributed by atoms with E-state index in [0.29, 0.717) is 11.8 Å². The summed E-state index contributed by atoms with van der Waals surface area (Å²) in [6.07, 6.45) is 7.42. The average Bonchev–Trinajstić information content (AvgIpc) is 3.05. The lowest BCUT2D eigenvalue weighted by Gasteiger charge is -2.27. The number of rotatable bonds is 2. The maximum absolute atomic E-state index is 6.53. The highest BCUT2D eigenvalue weighted by molar-refractivity contribution is 5.43. The summed E-state index contributed by atoms with van der Waals surface area (Å²) >= 11 is 0. The lowest BCUT2D eigenvalue weighted by Crippen LogP contribution is -2.27. The minimum atomic E-state index is -0.0111. The van der Waals surface area contributed by atoms with Crippen molar-refractivity contribution < 1.29 is 4.74 Å². The van der Waals surface area contributed by atoms with Crippen molar-refractivity contribution in [1.82, 2.24) is 9.55 Å². The van der Waals surface area contributed by atoms with E-state index in [1.807, 2.05) is 0 Å². The molecule has 118 valence electrons. The number of imidazole rings is 1. The molecular weight excluding hydrogens is 262 g/mol. The Morgan fingerprint density at radius 2 is 1.76 bits per heavy atom. The first-order valence-corrected chi connectivity index (χ1v) is 8.44. The first-order chi connectivity index (χ1) is 9.98. The summed E-state index contributed by atoms with van der Waals surface area (Å²) in [5.41, 5.74) is 7.61. The summed E-state index contributed by atoms with van der Waals surface area (Å²) in [5, 5.41) is 0. The van der Waals surface area contributed by atoms with E-state index < -0.39 is 0 Å². The Balaban J connectivity index is 2.01. The number of nitrogens with zero attached hydrogens (tertiary/aromatic N) is 2. The highest BCUT2D eigenvalue weighted by Gasteiger charge is 2.32. The third-order valence-electron chi connectivity index (χ3n) is 4.91. The molecule has 1 aliphatic heterocycles. The molecular formula is C17H29N3O. The van der Waals surface area contributed by atoms with Gasteiger partial charge in [-0.15, -0.1) is 0 Å². The van der Waals surface area contributed by atoms with Crippen molar-refractivity contribution in [3.05, 3.63) is 11.5 Å². The standard InChI is InChI=1S/C17H29N3O/c1-17(2,3)20-15(18)14(13-9-6-10-21-11-13)19-16(20)12-7-4-5-8-12/h12-13H,4-11,18H2,1-3H3. The van der Waals surface area contributed by atoms with Gasteiger partial charge in [0, 0.05) is 24.0 Å². The molecule has 3 rings (SSSR count). The van der Waals surface area contributed by atoms with Gasteiger partial charge in [0.15, 0.2) is 0 Å². The first-order valence-electron chi connectivity index (χ1n) is 8.44.